The van der Waals surface area contributed by atoms with Crippen molar-refractivity contribution in [1.82, 2.24) is 14.3 Å². The molecule has 0 aliphatic rings. The normalized spacial score (nSPS) is 12.9. The summed E-state index contributed by atoms with van der Waals surface area (Å²) in [6.45, 7) is -0.418. The number of alkyl halides is 1. The molecule has 33 heavy (non-hydrogen) atoms. The van der Waals surface area contributed by atoms with Gasteiger partial charge in [0.15, 0.2) is 0 Å². The molecule has 0 fully saturated rings. The summed E-state index contributed by atoms with van der Waals surface area (Å²) < 4.78 is 45.8. The molecule has 2 aromatic heterocycles. The Hall–Kier alpha value is -3.78. The van der Waals surface area contributed by atoms with Gasteiger partial charge in [-0.2, -0.15) is 5.26 Å². The number of nitriles is 1. The van der Waals surface area contributed by atoms with Crippen LogP contribution in [-0.4, -0.2) is 24.9 Å². The Kier molecular flexibility index (Phi) is 6.37. The van der Waals surface area contributed by atoms with Crippen molar-refractivity contribution in [2.75, 3.05) is 6.54 Å². The zero-order chi connectivity index (χ0) is 23.5. The molecule has 0 saturated carbocycles. The lowest BCUT2D eigenvalue weighted by Crippen LogP contribution is -2.21. The molecule has 2 N–H and O–H groups in total. The third-order valence-corrected chi connectivity index (χ3v) is 5.54. The van der Waals surface area contributed by atoms with Crippen LogP contribution in [0, 0.1) is 11.3 Å². The van der Waals surface area contributed by atoms with Crippen molar-refractivity contribution in [1.29, 1.82) is 5.26 Å². The summed E-state index contributed by atoms with van der Waals surface area (Å²) in [7, 11) is 1.61. The Bertz CT molecular complexity index is 1440. The fourth-order valence-electron chi connectivity index (χ4n) is 3.51. The summed E-state index contributed by atoms with van der Waals surface area (Å²) in [6.07, 6.45) is 1.69. The summed E-state index contributed by atoms with van der Waals surface area (Å²) >= 11 is -2.58. The van der Waals surface area contributed by atoms with Crippen LogP contribution in [0.1, 0.15) is 17.3 Å². The number of aromatic amines is 1. The molecule has 0 aliphatic heterocycles. The fourth-order valence-corrected chi connectivity index (χ4v) is 3.79. The first-order valence-corrected chi connectivity index (χ1v) is 10.9. The number of H-pyrrole nitrogens is 1. The number of aromatic nitrogens is 2. The van der Waals surface area contributed by atoms with Gasteiger partial charge in [0.1, 0.15) is 23.2 Å². The van der Waals surface area contributed by atoms with E-state index in [1.807, 2.05) is 10.8 Å². The summed E-state index contributed by atoms with van der Waals surface area (Å²) in [5.74, 6) is 0.871. The van der Waals surface area contributed by atoms with Gasteiger partial charge in [-0.15, -0.1) is 0 Å². The van der Waals surface area contributed by atoms with Crippen LogP contribution in [0.4, 0.5) is 4.39 Å². The quantitative estimate of drug-likeness (QED) is 0.404. The predicted octanol–water partition coefficient (Wildman–Crippen LogP) is 3.59. The number of rotatable bonds is 7. The second-order valence-corrected chi connectivity index (χ2v) is 8.03. The second kappa shape index (κ2) is 9.38. The predicted molar refractivity (Wildman–Crippen MR) is 121 cm³/mol. The van der Waals surface area contributed by atoms with E-state index < -0.39 is 24.0 Å². The SMILES string of the molecule is Cn1cc(-c2cc(C(F)CNS(=O)[O-])ccc2Oc2ccc(C#N)cc2)c2cc[nH]c2c1=O. The molecule has 0 aliphatic carbocycles. The maximum Gasteiger partial charge on any atom is 0.274 e. The minimum Gasteiger partial charge on any atom is -0.760 e. The second-order valence-electron chi connectivity index (χ2n) is 7.27. The zero-order valence-electron chi connectivity index (χ0n) is 17.4. The summed E-state index contributed by atoms with van der Waals surface area (Å²) in [5, 5.41) is 9.63. The molecule has 0 radical (unpaired) electrons. The van der Waals surface area contributed by atoms with Crippen molar-refractivity contribution in [2.45, 2.75) is 6.17 Å². The van der Waals surface area contributed by atoms with Crippen LogP contribution in [0.3, 0.4) is 0 Å². The molecule has 2 atom stereocenters. The van der Waals surface area contributed by atoms with Crippen molar-refractivity contribution in [3.05, 3.63) is 82.4 Å². The van der Waals surface area contributed by atoms with E-state index in [4.69, 9.17) is 10.00 Å². The minimum absolute atomic E-state index is 0.213. The molecule has 10 heteroatoms. The Morgan fingerprint density at radius 3 is 2.70 bits per heavy atom. The van der Waals surface area contributed by atoms with Crippen LogP contribution in [0.2, 0.25) is 0 Å². The van der Waals surface area contributed by atoms with Gasteiger partial charge in [0.25, 0.3) is 5.56 Å². The topological polar surface area (TPSA) is 123 Å². The van der Waals surface area contributed by atoms with Crippen molar-refractivity contribution in [2.24, 2.45) is 7.05 Å². The van der Waals surface area contributed by atoms with E-state index in [1.165, 1.54) is 10.6 Å². The average Bonchev–Trinajstić information content (AvgIpc) is 3.31. The van der Waals surface area contributed by atoms with Gasteiger partial charge in [-0.3, -0.25) is 9.00 Å². The Balaban J connectivity index is 1.84. The molecule has 2 heterocycles. The molecule has 0 saturated heterocycles. The lowest BCUT2D eigenvalue weighted by atomic mass is 9.98. The van der Waals surface area contributed by atoms with Crippen molar-refractivity contribution in [3.63, 3.8) is 0 Å². The van der Waals surface area contributed by atoms with Crippen LogP contribution < -0.4 is 15.0 Å². The standard InChI is InChI=1S/C23H19FN4O4S/c1-28-13-19(17-8-9-26-22(17)23(28)29)18-10-15(20(24)12-27-33(30)31)4-7-21(18)32-16-5-2-14(11-25)3-6-16/h2-10,13,20,26-27H,12H2,1H3,(H,30,31)/p-1. The summed E-state index contributed by atoms with van der Waals surface area (Å²) in [6, 6.07) is 15.0. The molecule has 0 bridgehead atoms. The number of hydrogen-bond donors (Lipinski definition) is 2. The largest absolute Gasteiger partial charge is 0.760 e. The molecule has 168 valence electrons. The maximum absolute atomic E-state index is 14.8. The highest BCUT2D eigenvalue weighted by atomic mass is 32.2. The van der Waals surface area contributed by atoms with Gasteiger partial charge in [-0.05, 0) is 48.0 Å². The third kappa shape index (κ3) is 4.70. The summed E-state index contributed by atoms with van der Waals surface area (Å²) in [4.78, 5) is 15.4. The van der Waals surface area contributed by atoms with E-state index >= 15 is 0 Å². The average molecular weight is 465 g/mol. The molecule has 0 amide bonds. The van der Waals surface area contributed by atoms with Gasteiger partial charge in [0.2, 0.25) is 0 Å². The highest BCUT2D eigenvalue weighted by molar-refractivity contribution is 7.77. The van der Waals surface area contributed by atoms with E-state index in [0.29, 0.717) is 39.1 Å². The minimum atomic E-state index is -2.58. The lowest BCUT2D eigenvalue weighted by molar-refractivity contribution is 0.341. The molecule has 4 rings (SSSR count). The van der Waals surface area contributed by atoms with Crippen molar-refractivity contribution >= 4 is 22.2 Å². The number of aryl methyl sites for hydroxylation is 1. The first-order chi connectivity index (χ1) is 15.9. The van der Waals surface area contributed by atoms with Gasteiger partial charge in [-0.1, -0.05) is 6.07 Å². The number of ether oxygens (including phenoxy) is 1. The highest BCUT2D eigenvalue weighted by Crippen LogP contribution is 2.38. The van der Waals surface area contributed by atoms with E-state index in [2.05, 4.69) is 4.98 Å². The van der Waals surface area contributed by atoms with Gasteiger partial charge in [0, 0.05) is 53.8 Å². The highest BCUT2D eigenvalue weighted by Gasteiger charge is 2.18. The Morgan fingerprint density at radius 1 is 1.24 bits per heavy atom. The molecular formula is C23H18FN4O4S-. The maximum atomic E-state index is 14.8. The van der Waals surface area contributed by atoms with Gasteiger partial charge < -0.3 is 18.8 Å². The van der Waals surface area contributed by atoms with Gasteiger partial charge >= 0.3 is 0 Å². The van der Waals surface area contributed by atoms with E-state index in [0.717, 1.165) is 0 Å². The Morgan fingerprint density at radius 2 is 2.00 bits per heavy atom. The summed E-state index contributed by atoms with van der Waals surface area (Å²) in [5.41, 5.74) is 2.05. The number of halogens is 1. The third-order valence-electron chi connectivity index (χ3n) is 5.14. The van der Waals surface area contributed by atoms with Crippen molar-refractivity contribution in [3.8, 4) is 28.7 Å². The number of nitrogens with one attached hydrogen (secondary N) is 2. The molecule has 8 nitrogen and oxygen atoms in total. The van der Waals surface area contributed by atoms with Gasteiger partial charge in [-0.25, -0.2) is 9.11 Å². The fraction of sp³-hybridized carbons (Fsp3) is 0.130. The zero-order valence-corrected chi connectivity index (χ0v) is 18.2. The first kappa shape index (κ1) is 22.4. The molecule has 2 aromatic carbocycles. The van der Waals surface area contributed by atoms with E-state index in [9.17, 15) is 17.9 Å². The van der Waals surface area contributed by atoms with Gasteiger partial charge in [0.05, 0.1) is 11.6 Å². The lowest BCUT2D eigenvalue weighted by Gasteiger charge is -2.17. The van der Waals surface area contributed by atoms with Crippen LogP contribution in [0.25, 0.3) is 22.0 Å². The van der Waals surface area contributed by atoms with Crippen LogP contribution in [0.15, 0.2) is 65.7 Å². The molecule has 4 aromatic rings. The first-order valence-electron chi connectivity index (χ1n) is 9.83. The number of benzene rings is 2. The van der Waals surface area contributed by atoms with Crippen molar-refractivity contribution < 1.29 is 17.9 Å². The number of nitrogens with zero attached hydrogens (tertiary/aromatic N) is 2. The molecular weight excluding hydrogens is 447 g/mol. The Labute approximate surface area is 190 Å². The molecule has 2 unspecified atom stereocenters. The van der Waals surface area contributed by atoms with Crippen LogP contribution in [-0.2, 0) is 18.3 Å². The van der Waals surface area contributed by atoms with Crippen LogP contribution in [0.5, 0.6) is 11.5 Å². The van der Waals surface area contributed by atoms with E-state index in [1.54, 1.807) is 61.9 Å². The number of pyridine rings is 1. The number of hydrogen-bond acceptors (Lipinski definition) is 5. The number of fused-ring (bicyclic) bond motifs is 1. The monoisotopic (exact) mass is 465 g/mol. The molecule has 0 spiro atoms. The van der Waals surface area contributed by atoms with Crippen LogP contribution >= 0.6 is 0 Å². The smallest absolute Gasteiger partial charge is 0.274 e. The van der Waals surface area contributed by atoms with E-state index in [-0.39, 0.29) is 11.1 Å².